The van der Waals surface area contributed by atoms with Crippen LogP contribution in [0.3, 0.4) is 0 Å². The Hall–Kier alpha value is -0.551. The molecule has 1 heterocycles. The van der Waals surface area contributed by atoms with E-state index in [1.54, 1.807) is 32.0 Å². The van der Waals surface area contributed by atoms with Crippen LogP contribution < -0.4 is 0 Å². The van der Waals surface area contributed by atoms with E-state index in [1.165, 1.54) is 6.07 Å². The van der Waals surface area contributed by atoms with Crippen molar-refractivity contribution in [3.8, 4) is 0 Å². The molecule has 1 aliphatic rings. The third-order valence-electron chi connectivity index (χ3n) is 4.89. The molecule has 0 bridgehead atoms. The Morgan fingerprint density at radius 2 is 1.28 bits per heavy atom. The molecule has 1 fully saturated rings. The Morgan fingerprint density at radius 1 is 0.862 bits per heavy atom. The molecule has 0 aliphatic carbocycles. The van der Waals surface area contributed by atoms with Gasteiger partial charge < -0.3 is 10.2 Å². The predicted octanol–water partition coefficient (Wildman–Crippen LogP) is 0.112. The van der Waals surface area contributed by atoms with Crippen molar-refractivity contribution in [1.82, 2.24) is 14.7 Å². The molecule has 0 radical (unpaired) electrons. The van der Waals surface area contributed by atoms with Crippen molar-refractivity contribution in [3.63, 3.8) is 0 Å². The van der Waals surface area contributed by atoms with Gasteiger partial charge in [-0.15, -0.1) is 0 Å². The van der Waals surface area contributed by atoms with E-state index in [0.29, 0.717) is 25.2 Å². The van der Waals surface area contributed by atoms with Crippen LogP contribution in [0.1, 0.15) is 19.4 Å². The van der Waals surface area contributed by atoms with Crippen molar-refractivity contribution in [2.45, 2.75) is 37.5 Å². The first-order valence-corrected chi connectivity index (χ1v) is 11.2. The molecule has 0 saturated carbocycles. The van der Waals surface area contributed by atoms with Gasteiger partial charge in [-0.1, -0.05) is 18.2 Å². The summed E-state index contributed by atoms with van der Waals surface area (Å²) in [5.41, 5.74) is 0.563. The molecule has 0 aromatic heterocycles. The van der Waals surface area contributed by atoms with Crippen molar-refractivity contribution in [3.05, 3.63) is 29.8 Å². The second-order valence-electron chi connectivity index (χ2n) is 7.66. The summed E-state index contributed by atoms with van der Waals surface area (Å²) in [6.45, 7) is 9.60. The molecule has 2 rings (SSSR count). The standard InChI is InChI=1S/C19H33N3O5S.Fe/c1-16(23)13-20-7-8-21(14-17(2)24)10-12-22(11-9-20)15-18-5-3-4-6-19(18)28(25,26)27;/h3-6,16-17,23-24H,7-15H2,1-2H3,(H,25,26,27);/q;+6/t16-,17-;/m0./s1. The van der Waals surface area contributed by atoms with Gasteiger partial charge in [0.15, 0.2) is 0 Å². The molecule has 1 saturated heterocycles. The fraction of sp³-hybridized carbons (Fsp3) is 0.684. The summed E-state index contributed by atoms with van der Waals surface area (Å²) < 4.78 is 32.9. The normalized spacial score (nSPS) is 20.2. The van der Waals surface area contributed by atoms with Crippen LogP contribution in [0.15, 0.2) is 29.2 Å². The van der Waals surface area contributed by atoms with Crippen molar-refractivity contribution >= 4 is 10.1 Å². The second kappa shape index (κ2) is 12.3. The van der Waals surface area contributed by atoms with Crippen LogP contribution in [0.2, 0.25) is 0 Å². The number of aliphatic hydroxyl groups excluding tert-OH is 2. The zero-order valence-electron chi connectivity index (χ0n) is 17.1. The molecule has 3 N–H and O–H groups in total. The molecule has 1 aromatic carbocycles. The van der Waals surface area contributed by atoms with Gasteiger partial charge in [-0.05, 0) is 25.5 Å². The molecular formula is C19H33FeN3O5S+6. The van der Waals surface area contributed by atoms with Crippen LogP contribution in [0.4, 0.5) is 0 Å². The van der Waals surface area contributed by atoms with Gasteiger partial charge in [0.25, 0.3) is 10.1 Å². The van der Waals surface area contributed by atoms with E-state index in [2.05, 4.69) is 14.7 Å². The van der Waals surface area contributed by atoms with Crippen molar-refractivity contribution < 1.29 is 40.3 Å². The quantitative estimate of drug-likeness (QED) is 0.381. The Morgan fingerprint density at radius 3 is 1.69 bits per heavy atom. The minimum atomic E-state index is -4.27. The fourth-order valence-electron chi connectivity index (χ4n) is 3.58. The average molecular weight is 471 g/mol. The molecule has 8 nitrogen and oxygen atoms in total. The van der Waals surface area contributed by atoms with E-state index in [1.807, 2.05) is 0 Å². The van der Waals surface area contributed by atoms with Crippen molar-refractivity contribution in [2.75, 3.05) is 52.4 Å². The topological polar surface area (TPSA) is 105 Å². The maximum absolute atomic E-state index is 11.7. The van der Waals surface area contributed by atoms with Crippen LogP contribution in [0.25, 0.3) is 0 Å². The minimum Gasteiger partial charge on any atom is -0.392 e. The number of β-amino-alcohol motifs (C(OH)–C–C–N with tert-alkyl or cyclic N) is 2. The Labute approximate surface area is 184 Å². The fourth-order valence-corrected chi connectivity index (χ4v) is 4.30. The molecule has 1 aromatic rings. The van der Waals surface area contributed by atoms with E-state index in [4.69, 9.17) is 0 Å². The molecule has 0 unspecified atom stereocenters. The van der Waals surface area contributed by atoms with Crippen molar-refractivity contribution in [2.24, 2.45) is 0 Å². The number of hydrogen-bond acceptors (Lipinski definition) is 7. The SMILES string of the molecule is C[C@H](O)CN1CCN(Cc2ccccc2S(=O)(=O)O)CCN(C[C@H](C)O)CC1.[Fe+6]. The first kappa shape index (κ1) is 26.5. The molecule has 0 spiro atoms. The second-order valence-corrected chi connectivity index (χ2v) is 9.05. The predicted molar refractivity (Wildman–Crippen MR) is 108 cm³/mol. The average Bonchev–Trinajstić information content (AvgIpc) is 2.67. The van der Waals surface area contributed by atoms with E-state index in [-0.39, 0.29) is 22.0 Å². The number of nitrogens with zero attached hydrogens (tertiary/aromatic N) is 3. The summed E-state index contributed by atoms with van der Waals surface area (Å²) >= 11 is 0. The van der Waals surface area contributed by atoms with Gasteiger partial charge in [-0.3, -0.25) is 19.3 Å². The molecule has 10 heteroatoms. The van der Waals surface area contributed by atoms with Gasteiger partial charge in [0.1, 0.15) is 0 Å². The van der Waals surface area contributed by atoms with Gasteiger partial charge in [-0.2, -0.15) is 8.42 Å². The zero-order valence-corrected chi connectivity index (χ0v) is 19.0. The molecule has 162 valence electrons. The van der Waals surface area contributed by atoms with Gasteiger partial charge in [-0.25, -0.2) is 0 Å². The van der Waals surface area contributed by atoms with Crippen LogP contribution >= 0.6 is 0 Å². The molecule has 2 atom stereocenters. The van der Waals surface area contributed by atoms with Crippen LogP contribution in [0.5, 0.6) is 0 Å². The summed E-state index contributed by atoms with van der Waals surface area (Å²) in [7, 11) is -4.27. The largest absolute Gasteiger partial charge is 6.00 e. The van der Waals surface area contributed by atoms with Crippen molar-refractivity contribution in [1.29, 1.82) is 0 Å². The van der Waals surface area contributed by atoms with Gasteiger partial charge >= 0.3 is 17.1 Å². The number of rotatable bonds is 7. The first-order chi connectivity index (χ1) is 13.1. The molecule has 29 heavy (non-hydrogen) atoms. The summed E-state index contributed by atoms with van der Waals surface area (Å²) in [6, 6.07) is 6.50. The maximum Gasteiger partial charge on any atom is 6.00 e. The van der Waals surface area contributed by atoms with Crippen LogP contribution in [-0.2, 0) is 33.7 Å². The summed E-state index contributed by atoms with van der Waals surface area (Å²) in [6.07, 6.45) is -0.862. The molecular weight excluding hydrogens is 438 g/mol. The van der Waals surface area contributed by atoms with Crippen LogP contribution in [-0.4, -0.2) is 102 Å². The molecule has 1 aliphatic heterocycles. The number of aliphatic hydroxyl groups is 2. The van der Waals surface area contributed by atoms with Crippen LogP contribution in [0, 0.1) is 0 Å². The Kier molecular flexibility index (Phi) is 11.3. The van der Waals surface area contributed by atoms with Gasteiger partial charge in [0.2, 0.25) is 0 Å². The third-order valence-corrected chi connectivity index (χ3v) is 5.84. The monoisotopic (exact) mass is 471 g/mol. The van der Waals surface area contributed by atoms with E-state index < -0.39 is 22.3 Å². The Bertz CT molecular complexity index is 696. The maximum atomic E-state index is 11.7. The van der Waals surface area contributed by atoms with E-state index >= 15 is 0 Å². The number of hydrogen-bond donors (Lipinski definition) is 3. The smallest absolute Gasteiger partial charge is 0.392 e. The third kappa shape index (κ3) is 9.42. The van der Waals surface area contributed by atoms with Gasteiger partial charge in [0.05, 0.1) is 17.1 Å². The first-order valence-electron chi connectivity index (χ1n) is 9.73. The summed E-state index contributed by atoms with van der Waals surface area (Å²) in [5.74, 6) is 0. The summed E-state index contributed by atoms with van der Waals surface area (Å²) in [5, 5.41) is 19.5. The van der Waals surface area contributed by atoms with E-state index in [0.717, 1.165) is 39.3 Å². The minimum absolute atomic E-state index is 0. The summed E-state index contributed by atoms with van der Waals surface area (Å²) in [4.78, 5) is 6.47. The Balaban J connectivity index is 0.00000420. The van der Waals surface area contributed by atoms with E-state index in [9.17, 15) is 23.2 Å². The number of benzene rings is 1. The zero-order chi connectivity index (χ0) is 20.7. The molecule has 0 amide bonds. The van der Waals surface area contributed by atoms with Gasteiger partial charge in [0, 0.05) is 58.9 Å².